The Bertz CT molecular complexity index is 798. The molecule has 114 valence electrons. The molecule has 0 fully saturated rings. The molecule has 0 bridgehead atoms. The van der Waals surface area contributed by atoms with Crippen LogP contribution in [0.1, 0.15) is 11.3 Å². The minimum absolute atomic E-state index is 0.585. The summed E-state index contributed by atoms with van der Waals surface area (Å²) >= 11 is 0. The number of ether oxygens (including phenoxy) is 2. The Morgan fingerprint density at radius 2 is 1.91 bits per heavy atom. The van der Waals surface area contributed by atoms with Gasteiger partial charge in [0.2, 0.25) is 5.95 Å². The van der Waals surface area contributed by atoms with Crippen molar-refractivity contribution in [3.63, 3.8) is 0 Å². The second kappa shape index (κ2) is 5.93. The molecule has 3 aromatic rings. The predicted octanol–water partition coefficient (Wildman–Crippen LogP) is 2.67. The van der Waals surface area contributed by atoms with Crippen molar-refractivity contribution < 1.29 is 9.47 Å². The molecule has 1 N–H and O–H groups in total. The summed E-state index contributed by atoms with van der Waals surface area (Å²) in [4.78, 5) is 4.31. The number of nitrogens with one attached hydrogen (secondary N) is 1. The van der Waals surface area contributed by atoms with Gasteiger partial charge in [-0.15, -0.1) is 5.10 Å². The summed E-state index contributed by atoms with van der Waals surface area (Å²) in [5.74, 6) is 2.01. The van der Waals surface area contributed by atoms with E-state index in [-0.39, 0.29) is 0 Å². The Morgan fingerprint density at radius 3 is 2.68 bits per heavy atom. The summed E-state index contributed by atoms with van der Waals surface area (Å²) < 4.78 is 12.4. The van der Waals surface area contributed by atoms with Crippen molar-refractivity contribution in [3.8, 4) is 11.5 Å². The monoisotopic (exact) mass is 298 g/mol. The number of anilines is 1. The van der Waals surface area contributed by atoms with Gasteiger partial charge in [0.05, 0.1) is 25.9 Å². The van der Waals surface area contributed by atoms with Crippen molar-refractivity contribution >= 4 is 11.5 Å². The normalized spacial score (nSPS) is 10.7. The maximum Gasteiger partial charge on any atom is 0.241 e. The summed E-state index contributed by atoms with van der Waals surface area (Å²) in [7, 11) is 3.25. The highest BCUT2D eigenvalue weighted by molar-refractivity contribution is 5.48. The van der Waals surface area contributed by atoms with Crippen LogP contribution in [0.3, 0.4) is 0 Å². The van der Waals surface area contributed by atoms with Crippen LogP contribution in [0.5, 0.6) is 11.5 Å². The Labute approximate surface area is 128 Å². The molecule has 2 aromatic heterocycles. The van der Waals surface area contributed by atoms with Crippen LogP contribution in [0, 0.1) is 6.92 Å². The van der Waals surface area contributed by atoms with Crippen molar-refractivity contribution in [2.24, 2.45) is 0 Å². The summed E-state index contributed by atoms with van der Waals surface area (Å²) in [6.45, 7) is 2.62. The molecule has 3 rings (SSSR count). The largest absolute Gasteiger partial charge is 0.493 e. The van der Waals surface area contributed by atoms with Gasteiger partial charge in [-0.05, 0) is 36.8 Å². The van der Waals surface area contributed by atoms with Gasteiger partial charge < -0.3 is 14.8 Å². The van der Waals surface area contributed by atoms with Crippen LogP contribution in [0.4, 0.5) is 5.95 Å². The van der Waals surface area contributed by atoms with Crippen LogP contribution < -0.4 is 14.8 Å². The second-order valence-electron chi connectivity index (χ2n) is 4.94. The van der Waals surface area contributed by atoms with Crippen molar-refractivity contribution in [1.82, 2.24) is 14.6 Å². The molecule has 0 amide bonds. The van der Waals surface area contributed by atoms with Crippen molar-refractivity contribution in [3.05, 3.63) is 47.8 Å². The Hall–Kier alpha value is -2.76. The second-order valence-corrected chi connectivity index (χ2v) is 4.94. The minimum atomic E-state index is 0.585. The van der Waals surface area contributed by atoms with Gasteiger partial charge in [-0.1, -0.05) is 6.07 Å². The maximum atomic E-state index is 5.30. The fraction of sp³-hybridized carbons (Fsp3) is 0.250. The van der Waals surface area contributed by atoms with E-state index in [4.69, 9.17) is 9.47 Å². The lowest BCUT2D eigenvalue weighted by Gasteiger charge is -2.10. The smallest absolute Gasteiger partial charge is 0.241 e. The summed E-state index contributed by atoms with van der Waals surface area (Å²) in [6.07, 6.45) is 1.80. The Balaban J connectivity index is 1.77. The fourth-order valence-electron chi connectivity index (χ4n) is 2.29. The minimum Gasteiger partial charge on any atom is -0.493 e. The molecule has 6 heteroatoms. The third-order valence-electron chi connectivity index (χ3n) is 3.49. The molecule has 22 heavy (non-hydrogen) atoms. The molecule has 0 spiro atoms. The van der Waals surface area contributed by atoms with Crippen LogP contribution in [0.2, 0.25) is 0 Å². The van der Waals surface area contributed by atoms with Crippen molar-refractivity contribution in [2.45, 2.75) is 13.5 Å². The SMILES string of the molecule is COc1ccc(CNc2ncc3ccc(C)n3n2)cc1OC. The van der Waals surface area contributed by atoms with Gasteiger partial charge >= 0.3 is 0 Å². The molecule has 0 saturated heterocycles. The third kappa shape index (κ3) is 2.67. The van der Waals surface area contributed by atoms with Crippen LogP contribution in [-0.4, -0.2) is 28.8 Å². The Morgan fingerprint density at radius 1 is 1.09 bits per heavy atom. The first kappa shape index (κ1) is 14.2. The molecular formula is C16H18N4O2. The lowest BCUT2D eigenvalue weighted by atomic mass is 10.2. The van der Waals surface area contributed by atoms with E-state index in [1.54, 1.807) is 20.4 Å². The van der Waals surface area contributed by atoms with Crippen molar-refractivity contribution in [2.75, 3.05) is 19.5 Å². The van der Waals surface area contributed by atoms with Gasteiger partial charge in [-0.25, -0.2) is 9.50 Å². The number of nitrogens with zero attached hydrogens (tertiary/aromatic N) is 3. The zero-order chi connectivity index (χ0) is 15.5. The number of fused-ring (bicyclic) bond motifs is 1. The number of rotatable bonds is 5. The van der Waals surface area contributed by atoms with E-state index in [0.29, 0.717) is 24.0 Å². The number of aryl methyl sites for hydroxylation is 1. The van der Waals surface area contributed by atoms with E-state index >= 15 is 0 Å². The Kier molecular flexibility index (Phi) is 3.82. The molecule has 6 nitrogen and oxygen atoms in total. The predicted molar refractivity (Wildman–Crippen MR) is 84.6 cm³/mol. The molecule has 0 radical (unpaired) electrons. The molecule has 0 unspecified atom stereocenters. The maximum absolute atomic E-state index is 5.30. The average Bonchev–Trinajstić information content (AvgIpc) is 2.93. The summed E-state index contributed by atoms with van der Waals surface area (Å²) in [6, 6.07) is 9.81. The molecule has 0 atom stereocenters. The van der Waals surface area contributed by atoms with Crippen LogP contribution in [0.25, 0.3) is 5.52 Å². The van der Waals surface area contributed by atoms with E-state index in [1.807, 2.05) is 41.8 Å². The van der Waals surface area contributed by atoms with Crippen molar-refractivity contribution in [1.29, 1.82) is 0 Å². The molecule has 0 saturated carbocycles. The first-order valence-corrected chi connectivity index (χ1v) is 6.97. The van der Waals surface area contributed by atoms with Crippen LogP contribution in [0.15, 0.2) is 36.5 Å². The van der Waals surface area contributed by atoms with Gasteiger partial charge in [0.25, 0.3) is 0 Å². The number of aromatic nitrogens is 3. The van der Waals surface area contributed by atoms with Gasteiger partial charge in [0.1, 0.15) is 0 Å². The van der Waals surface area contributed by atoms with Gasteiger partial charge in [0, 0.05) is 12.2 Å². The van der Waals surface area contributed by atoms with E-state index in [2.05, 4.69) is 15.4 Å². The quantitative estimate of drug-likeness (QED) is 0.784. The fourth-order valence-corrected chi connectivity index (χ4v) is 2.29. The molecule has 2 heterocycles. The molecule has 1 aromatic carbocycles. The lowest BCUT2D eigenvalue weighted by molar-refractivity contribution is 0.354. The molecular weight excluding hydrogens is 280 g/mol. The van der Waals surface area contributed by atoms with E-state index in [1.165, 1.54) is 0 Å². The third-order valence-corrected chi connectivity index (χ3v) is 3.49. The van der Waals surface area contributed by atoms with E-state index in [9.17, 15) is 0 Å². The number of benzene rings is 1. The topological polar surface area (TPSA) is 60.7 Å². The van der Waals surface area contributed by atoms with E-state index in [0.717, 1.165) is 16.8 Å². The molecule has 0 aliphatic rings. The van der Waals surface area contributed by atoms with Crippen LogP contribution in [-0.2, 0) is 6.54 Å². The van der Waals surface area contributed by atoms with Crippen LogP contribution >= 0.6 is 0 Å². The summed E-state index contributed by atoms with van der Waals surface area (Å²) in [5, 5.41) is 7.68. The van der Waals surface area contributed by atoms with Gasteiger partial charge in [-0.3, -0.25) is 0 Å². The highest BCUT2D eigenvalue weighted by Gasteiger charge is 2.06. The zero-order valence-electron chi connectivity index (χ0n) is 12.8. The highest BCUT2D eigenvalue weighted by atomic mass is 16.5. The zero-order valence-corrected chi connectivity index (χ0v) is 12.8. The lowest BCUT2D eigenvalue weighted by Crippen LogP contribution is -2.07. The number of methoxy groups -OCH3 is 2. The molecule has 0 aliphatic carbocycles. The number of hydrogen-bond donors (Lipinski definition) is 1. The first-order chi connectivity index (χ1) is 10.7. The standard InChI is InChI=1S/C16H18N4O2/c1-11-4-6-13-10-18-16(19-20(11)13)17-9-12-5-7-14(21-2)15(8-12)22-3/h4-8,10H,9H2,1-3H3,(H,17,19). The average molecular weight is 298 g/mol. The van der Waals surface area contributed by atoms with Gasteiger partial charge in [0.15, 0.2) is 11.5 Å². The molecule has 0 aliphatic heterocycles. The van der Waals surface area contributed by atoms with Gasteiger partial charge in [-0.2, -0.15) is 0 Å². The number of hydrogen-bond acceptors (Lipinski definition) is 5. The first-order valence-electron chi connectivity index (χ1n) is 6.97. The highest BCUT2D eigenvalue weighted by Crippen LogP contribution is 2.27. The summed E-state index contributed by atoms with van der Waals surface area (Å²) in [5.41, 5.74) is 3.12. The van der Waals surface area contributed by atoms with E-state index < -0.39 is 0 Å².